The van der Waals surface area contributed by atoms with Crippen molar-refractivity contribution in [3.63, 3.8) is 0 Å². The molecule has 0 saturated carbocycles. The second-order valence-electron chi connectivity index (χ2n) is 6.22. The van der Waals surface area contributed by atoms with Gasteiger partial charge >= 0.3 is 0 Å². The molecule has 1 fully saturated rings. The molecule has 1 aromatic carbocycles. The molecule has 0 spiro atoms. The van der Waals surface area contributed by atoms with Crippen LogP contribution in [0.15, 0.2) is 18.2 Å². The second kappa shape index (κ2) is 8.35. The summed E-state index contributed by atoms with van der Waals surface area (Å²) in [7, 11) is 0. The van der Waals surface area contributed by atoms with Crippen LogP contribution in [0.5, 0.6) is 11.5 Å². The van der Waals surface area contributed by atoms with E-state index >= 15 is 0 Å². The van der Waals surface area contributed by atoms with Gasteiger partial charge < -0.3 is 19.5 Å². The first-order valence-electron chi connectivity index (χ1n) is 8.78. The van der Waals surface area contributed by atoms with Gasteiger partial charge in [0.05, 0.1) is 12.6 Å². The lowest BCUT2D eigenvalue weighted by Crippen LogP contribution is -2.40. The Hall–Kier alpha value is -1.79. The Morgan fingerprint density at radius 2 is 2.04 bits per heavy atom. The highest BCUT2D eigenvalue weighted by Gasteiger charge is 2.19. The van der Waals surface area contributed by atoms with Crippen molar-refractivity contribution < 1.29 is 19.0 Å². The Labute approximate surface area is 143 Å². The summed E-state index contributed by atoms with van der Waals surface area (Å²) >= 11 is 0. The van der Waals surface area contributed by atoms with Crippen molar-refractivity contribution in [2.75, 3.05) is 44.8 Å². The molecule has 1 saturated heterocycles. The maximum Gasteiger partial charge on any atom is 0.238 e. The molecule has 0 aliphatic carbocycles. The van der Waals surface area contributed by atoms with E-state index in [2.05, 4.69) is 17.1 Å². The lowest BCUT2D eigenvalue weighted by Gasteiger charge is -2.28. The Bertz CT molecular complexity index is 558. The van der Waals surface area contributed by atoms with Crippen LogP contribution in [0.4, 0.5) is 5.69 Å². The quantitative estimate of drug-likeness (QED) is 0.865. The van der Waals surface area contributed by atoms with Gasteiger partial charge in [0.1, 0.15) is 13.2 Å². The molecule has 3 rings (SSSR count). The standard InChI is InChI=1S/C18H26N2O4/c1-2-20(12-15-5-3-4-8-22-15)13-18(21)19-14-6-7-16-17(11-14)24-10-9-23-16/h6-7,11,15H,2-5,8-10,12-13H2,1H3,(H,19,21)/t15-/m0/s1. The summed E-state index contributed by atoms with van der Waals surface area (Å²) in [5, 5.41) is 2.94. The molecule has 6 nitrogen and oxygen atoms in total. The zero-order chi connectivity index (χ0) is 16.8. The summed E-state index contributed by atoms with van der Waals surface area (Å²) in [4.78, 5) is 14.5. The maximum atomic E-state index is 12.3. The number of nitrogens with one attached hydrogen (secondary N) is 1. The minimum Gasteiger partial charge on any atom is -0.486 e. The van der Waals surface area contributed by atoms with Crippen molar-refractivity contribution >= 4 is 11.6 Å². The lowest BCUT2D eigenvalue weighted by molar-refractivity contribution is -0.117. The van der Waals surface area contributed by atoms with Crippen LogP contribution in [-0.4, -0.2) is 56.4 Å². The van der Waals surface area contributed by atoms with Crippen LogP contribution in [0.2, 0.25) is 0 Å². The SMILES string of the molecule is CCN(CC(=O)Nc1ccc2c(c1)OCCO2)C[C@@H]1CCCCO1. The molecule has 1 aromatic rings. The van der Waals surface area contributed by atoms with Crippen molar-refractivity contribution in [1.29, 1.82) is 0 Å². The number of hydrogen-bond acceptors (Lipinski definition) is 5. The highest BCUT2D eigenvalue weighted by Crippen LogP contribution is 2.32. The first-order chi connectivity index (χ1) is 11.7. The van der Waals surface area contributed by atoms with Gasteiger partial charge in [-0.2, -0.15) is 0 Å². The summed E-state index contributed by atoms with van der Waals surface area (Å²) in [5.74, 6) is 1.38. The van der Waals surface area contributed by atoms with Crippen LogP contribution in [0.1, 0.15) is 26.2 Å². The molecule has 24 heavy (non-hydrogen) atoms. The van der Waals surface area contributed by atoms with E-state index < -0.39 is 0 Å². The van der Waals surface area contributed by atoms with Crippen LogP contribution >= 0.6 is 0 Å². The highest BCUT2D eigenvalue weighted by molar-refractivity contribution is 5.92. The van der Waals surface area contributed by atoms with Gasteiger partial charge in [-0.15, -0.1) is 0 Å². The summed E-state index contributed by atoms with van der Waals surface area (Å²) in [6.45, 7) is 6.01. The van der Waals surface area contributed by atoms with Crippen molar-refractivity contribution in [2.45, 2.75) is 32.3 Å². The number of carbonyl (C=O) groups is 1. The van der Waals surface area contributed by atoms with Crippen molar-refractivity contribution in [2.24, 2.45) is 0 Å². The smallest absolute Gasteiger partial charge is 0.238 e. The van der Waals surface area contributed by atoms with Crippen LogP contribution in [0.25, 0.3) is 0 Å². The Balaban J connectivity index is 1.52. The molecule has 2 heterocycles. The third kappa shape index (κ3) is 4.61. The molecule has 2 aliphatic heterocycles. The van der Waals surface area contributed by atoms with Crippen LogP contribution in [-0.2, 0) is 9.53 Å². The van der Waals surface area contributed by atoms with Gasteiger partial charge in [0.15, 0.2) is 11.5 Å². The zero-order valence-corrected chi connectivity index (χ0v) is 14.3. The average Bonchev–Trinajstić information content (AvgIpc) is 2.62. The number of fused-ring (bicyclic) bond motifs is 1. The van der Waals surface area contributed by atoms with Gasteiger partial charge in [0, 0.05) is 24.9 Å². The molecule has 1 amide bonds. The molecule has 132 valence electrons. The van der Waals surface area contributed by atoms with Gasteiger partial charge in [-0.25, -0.2) is 0 Å². The zero-order valence-electron chi connectivity index (χ0n) is 14.3. The van der Waals surface area contributed by atoms with Gasteiger partial charge in [-0.05, 0) is 37.9 Å². The molecular weight excluding hydrogens is 308 g/mol. The Morgan fingerprint density at radius 3 is 2.79 bits per heavy atom. The number of nitrogens with zero attached hydrogens (tertiary/aromatic N) is 1. The van der Waals surface area contributed by atoms with E-state index in [4.69, 9.17) is 14.2 Å². The molecular formula is C18H26N2O4. The number of benzene rings is 1. The minimum atomic E-state index is -0.0238. The van der Waals surface area contributed by atoms with Crippen LogP contribution in [0, 0.1) is 0 Å². The van der Waals surface area contributed by atoms with E-state index in [1.54, 1.807) is 0 Å². The van der Waals surface area contributed by atoms with E-state index in [9.17, 15) is 4.79 Å². The van der Waals surface area contributed by atoms with E-state index in [1.165, 1.54) is 6.42 Å². The molecule has 1 N–H and O–H groups in total. The van der Waals surface area contributed by atoms with Crippen LogP contribution in [0.3, 0.4) is 0 Å². The fraction of sp³-hybridized carbons (Fsp3) is 0.611. The number of likely N-dealkylation sites (N-methyl/N-ethyl adjacent to an activating group) is 1. The number of amides is 1. The van der Waals surface area contributed by atoms with E-state index in [0.717, 1.165) is 44.0 Å². The van der Waals surface area contributed by atoms with Gasteiger partial charge in [-0.1, -0.05) is 6.92 Å². The Kier molecular flexibility index (Phi) is 5.93. The second-order valence-corrected chi connectivity index (χ2v) is 6.22. The van der Waals surface area contributed by atoms with Crippen molar-refractivity contribution in [1.82, 2.24) is 4.90 Å². The minimum absolute atomic E-state index is 0.0238. The number of anilines is 1. The summed E-state index contributed by atoms with van der Waals surface area (Å²) in [5.41, 5.74) is 0.731. The van der Waals surface area contributed by atoms with E-state index in [-0.39, 0.29) is 12.0 Å². The molecule has 0 bridgehead atoms. The molecule has 0 unspecified atom stereocenters. The fourth-order valence-electron chi connectivity index (χ4n) is 3.07. The summed E-state index contributed by atoms with van der Waals surface area (Å²) < 4.78 is 16.8. The number of rotatable bonds is 6. The lowest BCUT2D eigenvalue weighted by atomic mass is 10.1. The summed E-state index contributed by atoms with van der Waals surface area (Å²) in [6, 6.07) is 5.48. The Morgan fingerprint density at radius 1 is 1.21 bits per heavy atom. The predicted molar refractivity (Wildman–Crippen MR) is 91.8 cm³/mol. The highest BCUT2D eigenvalue weighted by atomic mass is 16.6. The maximum absolute atomic E-state index is 12.3. The molecule has 1 atom stereocenters. The van der Waals surface area contributed by atoms with Crippen molar-refractivity contribution in [3.8, 4) is 11.5 Å². The summed E-state index contributed by atoms with van der Waals surface area (Å²) in [6.07, 6.45) is 3.69. The van der Waals surface area contributed by atoms with Gasteiger partial charge in [0.25, 0.3) is 0 Å². The number of hydrogen-bond donors (Lipinski definition) is 1. The third-order valence-electron chi connectivity index (χ3n) is 4.38. The third-order valence-corrected chi connectivity index (χ3v) is 4.38. The molecule has 0 radical (unpaired) electrons. The topological polar surface area (TPSA) is 60.0 Å². The van der Waals surface area contributed by atoms with Gasteiger partial charge in [0.2, 0.25) is 5.91 Å². The van der Waals surface area contributed by atoms with E-state index in [1.807, 2.05) is 18.2 Å². The van der Waals surface area contributed by atoms with Crippen LogP contribution < -0.4 is 14.8 Å². The average molecular weight is 334 g/mol. The van der Waals surface area contributed by atoms with Crippen molar-refractivity contribution in [3.05, 3.63) is 18.2 Å². The normalized spacial score (nSPS) is 20.0. The fourth-order valence-corrected chi connectivity index (χ4v) is 3.07. The first kappa shape index (κ1) is 17.0. The molecule has 6 heteroatoms. The number of ether oxygens (including phenoxy) is 3. The molecule has 2 aliphatic rings. The molecule has 0 aromatic heterocycles. The van der Waals surface area contributed by atoms with E-state index in [0.29, 0.717) is 25.5 Å². The monoisotopic (exact) mass is 334 g/mol. The largest absolute Gasteiger partial charge is 0.486 e. The van der Waals surface area contributed by atoms with Gasteiger partial charge in [-0.3, -0.25) is 9.69 Å². The number of carbonyl (C=O) groups excluding carboxylic acids is 1. The first-order valence-corrected chi connectivity index (χ1v) is 8.78. The predicted octanol–water partition coefficient (Wildman–Crippen LogP) is 2.29.